The van der Waals surface area contributed by atoms with Crippen molar-refractivity contribution in [2.75, 3.05) is 19.6 Å². The van der Waals surface area contributed by atoms with Gasteiger partial charge in [0.05, 0.1) is 0 Å². The zero-order valence-corrected chi connectivity index (χ0v) is 11.6. The van der Waals surface area contributed by atoms with Crippen molar-refractivity contribution in [3.8, 4) is 0 Å². The third-order valence-corrected chi connectivity index (χ3v) is 4.64. The first-order valence-corrected chi connectivity index (χ1v) is 7.27. The lowest BCUT2D eigenvalue weighted by molar-refractivity contribution is 0.577. The van der Waals surface area contributed by atoms with Crippen LogP contribution in [0.5, 0.6) is 0 Å². The molecule has 0 amide bonds. The van der Waals surface area contributed by atoms with Crippen molar-refractivity contribution in [2.45, 2.75) is 17.6 Å². The molecule has 4 nitrogen and oxygen atoms in total. The highest BCUT2D eigenvalue weighted by Gasteiger charge is 2.13. The zero-order chi connectivity index (χ0) is 11.1. The summed E-state index contributed by atoms with van der Waals surface area (Å²) in [7, 11) is -3.28. The fraction of sp³-hybridized carbons (Fsp3) is 0.556. The molecule has 0 aliphatic carbocycles. The van der Waals surface area contributed by atoms with Gasteiger partial charge in [0.25, 0.3) is 0 Å². The first-order chi connectivity index (χ1) is 7.17. The second-order valence-electron chi connectivity index (χ2n) is 3.08. The summed E-state index contributed by atoms with van der Waals surface area (Å²) < 4.78 is 26.1. The molecule has 0 aliphatic heterocycles. The lowest BCUT2D eigenvalue weighted by Gasteiger charge is -2.05. The van der Waals surface area contributed by atoms with Gasteiger partial charge in [-0.05, 0) is 24.4 Å². The Bertz CT molecular complexity index is 365. The molecule has 0 saturated heterocycles. The molecule has 7 heteroatoms. The van der Waals surface area contributed by atoms with Crippen LogP contribution in [-0.2, 0) is 10.0 Å². The van der Waals surface area contributed by atoms with Crippen molar-refractivity contribution in [3.05, 3.63) is 17.5 Å². The van der Waals surface area contributed by atoms with Crippen LogP contribution in [-0.4, -0.2) is 28.1 Å². The number of thiophene rings is 1. The van der Waals surface area contributed by atoms with E-state index >= 15 is 0 Å². The van der Waals surface area contributed by atoms with E-state index in [2.05, 4.69) is 17.0 Å². The molecule has 0 atom stereocenters. The largest absolute Gasteiger partial charge is 0.315 e. The second kappa shape index (κ2) is 8.03. The summed E-state index contributed by atoms with van der Waals surface area (Å²) in [6.07, 6.45) is 1.05. The van der Waals surface area contributed by atoms with E-state index in [1.54, 1.807) is 17.5 Å². The van der Waals surface area contributed by atoms with Crippen LogP contribution >= 0.6 is 23.7 Å². The van der Waals surface area contributed by atoms with Crippen molar-refractivity contribution >= 4 is 33.8 Å². The molecular weight excluding hydrogens is 268 g/mol. The molecule has 0 unspecified atom stereocenters. The van der Waals surface area contributed by atoms with Gasteiger partial charge in [-0.15, -0.1) is 23.7 Å². The van der Waals surface area contributed by atoms with E-state index in [4.69, 9.17) is 0 Å². The minimum Gasteiger partial charge on any atom is -0.315 e. The minimum atomic E-state index is -3.28. The van der Waals surface area contributed by atoms with Crippen molar-refractivity contribution < 1.29 is 8.42 Å². The predicted octanol–water partition coefficient (Wildman–Crippen LogP) is 1.45. The summed E-state index contributed by atoms with van der Waals surface area (Å²) in [4.78, 5) is 0. The average Bonchev–Trinajstić information content (AvgIpc) is 2.70. The number of hydrogen-bond donors (Lipinski definition) is 2. The molecule has 1 aromatic rings. The van der Waals surface area contributed by atoms with Crippen LogP contribution in [0.25, 0.3) is 0 Å². The number of hydrogen-bond acceptors (Lipinski definition) is 4. The Kier molecular flexibility index (Phi) is 7.96. The van der Waals surface area contributed by atoms with E-state index in [9.17, 15) is 8.42 Å². The maximum atomic E-state index is 11.6. The van der Waals surface area contributed by atoms with E-state index in [0.717, 1.165) is 13.0 Å². The number of sulfonamides is 1. The van der Waals surface area contributed by atoms with E-state index in [1.807, 2.05) is 0 Å². The monoisotopic (exact) mass is 284 g/mol. The van der Waals surface area contributed by atoms with Crippen LogP contribution < -0.4 is 10.0 Å². The number of nitrogens with one attached hydrogen (secondary N) is 2. The fourth-order valence-corrected chi connectivity index (χ4v) is 3.13. The number of halogens is 1. The quantitative estimate of drug-likeness (QED) is 0.745. The van der Waals surface area contributed by atoms with E-state index in [-0.39, 0.29) is 12.4 Å². The standard InChI is InChI=1S/C9H16N2O2S2.ClH/c1-2-5-10-6-7-11-15(12,13)9-4-3-8-14-9;/h3-4,8,10-11H,2,5-7H2,1H3;1H. The predicted molar refractivity (Wildman–Crippen MR) is 69.9 cm³/mol. The Hall–Kier alpha value is -0.140. The van der Waals surface area contributed by atoms with Gasteiger partial charge in [-0.3, -0.25) is 0 Å². The maximum Gasteiger partial charge on any atom is 0.250 e. The molecule has 0 aliphatic rings. The average molecular weight is 285 g/mol. The van der Waals surface area contributed by atoms with E-state index < -0.39 is 10.0 Å². The van der Waals surface area contributed by atoms with Crippen LogP contribution in [0.3, 0.4) is 0 Å². The van der Waals surface area contributed by atoms with Gasteiger partial charge in [0.2, 0.25) is 10.0 Å². The Balaban J connectivity index is 0.00000225. The second-order valence-corrected chi connectivity index (χ2v) is 6.02. The van der Waals surface area contributed by atoms with Gasteiger partial charge in [-0.2, -0.15) is 0 Å². The molecule has 16 heavy (non-hydrogen) atoms. The van der Waals surface area contributed by atoms with Gasteiger partial charge >= 0.3 is 0 Å². The molecular formula is C9H17ClN2O2S2. The lowest BCUT2D eigenvalue weighted by Crippen LogP contribution is -2.31. The molecule has 0 spiro atoms. The normalized spacial score (nSPS) is 11.1. The van der Waals surface area contributed by atoms with Crippen LogP contribution in [0.1, 0.15) is 13.3 Å². The van der Waals surface area contributed by atoms with Gasteiger partial charge in [-0.1, -0.05) is 13.0 Å². The topological polar surface area (TPSA) is 58.2 Å². The molecule has 0 saturated carbocycles. The summed E-state index contributed by atoms with van der Waals surface area (Å²) in [5.41, 5.74) is 0. The summed E-state index contributed by atoms with van der Waals surface area (Å²) in [5, 5.41) is 4.88. The molecule has 94 valence electrons. The smallest absolute Gasteiger partial charge is 0.250 e. The summed E-state index contributed by atoms with van der Waals surface area (Å²) in [6.45, 7) is 4.09. The van der Waals surface area contributed by atoms with Crippen LogP contribution in [0.2, 0.25) is 0 Å². The Morgan fingerprint density at radius 2 is 2.06 bits per heavy atom. The summed E-state index contributed by atoms with van der Waals surface area (Å²) in [6, 6.07) is 3.33. The van der Waals surface area contributed by atoms with Gasteiger partial charge in [0, 0.05) is 13.1 Å². The summed E-state index contributed by atoms with van der Waals surface area (Å²) >= 11 is 1.23. The van der Waals surface area contributed by atoms with Crippen molar-refractivity contribution in [1.29, 1.82) is 0 Å². The molecule has 1 heterocycles. The molecule has 1 rings (SSSR count). The molecule has 0 fully saturated rings. The van der Waals surface area contributed by atoms with Gasteiger partial charge in [-0.25, -0.2) is 13.1 Å². The van der Waals surface area contributed by atoms with Crippen molar-refractivity contribution in [1.82, 2.24) is 10.0 Å². The van der Waals surface area contributed by atoms with E-state index in [0.29, 0.717) is 17.3 Å². The number of rotatable bonds is 7. The van der Waals surface area contributed by atoms with E-state index in [1.165, 1.54) is 11.3 Å². The first-order valence-electron chi connectivity index (χ1n) is 4.90. The molecule has 1 aromatic heterocycles. The Morgan fingerprint density at radius 3 is 2.62 bits per heavy atom. The van der Waals surface area contributed by atoms with Gasteiger partial charge in [0.1, 0.15) is 4.21 Å². The van der Waals surface area contributed by atoms with Gasteiger partial charge < -0.3 is 5.32 Å². The lowest BCUT2D eigenvalue weighted by atomic mass is 10.5. The Labute approximate surface area is 107 Å². The van der Waals surface area contributed by atoms with Crippen LogP contribution in [0, 0.1) is 0 Å². The molecule has 2 N–H and O–H groups in total. The highest BCUT2D eigenvalue weighted by molar-refractivity contribution is 7.91. The van der Waals surface area contributed by atoms with Crippen LogP contribution in [0.15, 0.2) is 21.7 Å². The van der Waals surface area contributed by atoms with Crippen molar-refractivity contribution in [2.24, 2.45) is 0 Å². The highest BCUT2D eigenvalue weighted by atomic mass is 35.5. The Morgan fingerprint density at radius 1 is 1.31 bits per heavy atom. The fourth-order valence-electron chi connectivity index (χ4n) is 1.06. The molecule has 0 radical (unpaired) electrons. The minimum absolute atomic E-state index is 0. The maximum absolute atomic E-state index is 11.6. The first kappa shape index (κ1) is 15.9. The summed E-state index contributed by atoms with van der Waals surface area (Å²) in [5.74, 6) is 0. The SMILES string of the molecule is CCCNCCNS(=O)(=O)c1cccs1.Cl. The van der Waals surface area contributed by atoms with Crippen molar-refractivity contribution in [3.63, 3.8) is 0 Å². The van der Waals surface area contributed by atoms with Crippen LogP contribution in [0.4, 0.5) is 0 Å². The zero-order valence-electron chi connectivity index (χ0n) is 9.10. The molecule has 0 bridgehead atoms. The highest BCUT2D eigenvalue weighted by Crippen LogP contribution is 2.14. The molecule has 0 aromatic carbocycles. The van der Waals surface area contributed by atoms with Gasteiger partial charge in [0.15, 0.2) is 0 Å². The third kappa shape index (κ3) is 5.27. The third-order valence-electron chi connectivity index (χ3n) is 1.78.